The number of aromatic hydroxyl groups is 1. The third-order valence-corrected chi connectivity index (χ3v) is 2.16. The maximum Gasteiger partial charge on any atom is 0.230 e. The van der Waals surface area contributed by atoms with Crippen molar-refractivity contribution in [1.82, 2.24) is 5.16 Å². The number of rotatable bonds is 2. The summed E-state index contributed by atoms with van der Waals surface area (Å²) in [6.45, 7) is 0. The number of nitrogen functional groups attached to an aromatic ring is 1. The normalized spacial score (nSPS) is 10.4. The zero-order valence-electron chi connectivity index (χ0n) is 8.40. The number of phenolic OH excluding ortho intramolecular Hbond substituents is 1. The van der Waals surface area contributed by atoms with Crippen LogP contribution in [0.25, 0.3) is 11.1 Å². The summed E-state index contributed by atoms with van der Waals surface area (Å²) in [6, 6.07) is 2.27. The van der Waals surface area contributed by atoms with Gasteiger partial charge in [-0.15, -0.1) is 0 Å². The lowest BCUT2D eigenvalue weighted by Gasteiger charge is -2.06. The third kappa shape index (κ3) is 1.54. The Kier molecular flexibility index (Phi) is 2.40. The van der Waals surface area contributed by atoms with Crippen molar-refractivity contribution in [1.29, 1.82) is 0 Å². The molecule has 0 saturated heterocycles. The van der Waals surface area contributed by atoms with Crippen LogP contribution in [0.2, 0.25) is 0 Å². The molecule has 1 heterocycles. The fraction of sp³-hybridized carbons (Fsp3) is 0.100. The van der Waals surface area contributed by atoms with Gasteiger partial charge in [0.25, 0.3) is 0 Å². The van der Waals surface area contributed by atoms with Crippen LogP contribution in [-0.4, -0.2) is 17.4 Å². The molecule has 0 radical (unpaired) electrons. The summed E-state index contributed by atoms with van der Waals surface area (Å²) in [5.41, 5.74) is 5.95. The molecule has 0 fully saturated rings. The number of benzene rings is 1. The van der Waals surface area contributed by atoms with E-state index >= 15 is 0 Å². The predicted molar refractivity (Wildman–Crippen MR) is 54.5 cm³/mol. The average Bonchev–Trinajstić information content (AvgIpc) is 2.65. The van der Waals surface area contributed by atoms with Crippen molar-refractivity contribution in [2.24, 2.45) is 0 Å². The SMILES string of the molecule is COc1cc(-c2cnoc2N)c(F)cc1O. The predicted octanol–water partition coefficient (Wildman–Crippen LogP) is 1.78. The number of phenols is 1. The topological polar surface area (TPSA) is 81.5 Å². The number of anilines is 1. The molecule has 84 valence electrons. The van der Waals surface area contributed by atoms with E-state index in [-0.39, 0.29) is 22.9 Å². The van der Waals surface area contributed by atoms with Gasteiger partial charge in [-0.25, -0.2) is 4.39 Å². The van der Waals surface area contributed by atoms with E-state index in [4.69, 9.17) is 10.5 Å². The number of ether oxygens (including phenoxy) is 1. The Bertz CT molecular complexity index is 525. The molecule has 0 bridgehead atoms. The van der Waals surface area contributed by atoms with Gasteiger partial charge in [0, 0.05) is 11.6 Å². The quantitative estimate of drug-likeness (QED) is 0.812. The average molecular weight is 224 g/mol. The first kappa shape index (κ1) is 10.3. The number of nitrogens with zero attached hydrogens (tertiary/aromatic N) is 1. The molecular formula is C10H9FN2O3. The first-order valence-corrected chi connectivity index (χ1v) is 4.40. The van der Waals surface area contributed by atoms with Crippen LogP contribution >= 0.6 is 0 Å². The molecule has 2 rings (SSSR count). The molecule has 0 amide bonds. The van der Waals surface area contributed by atoms with Crippen LogP contribution in [0.5, 0.6) is 11.5 Å². The number of hydrogen-bond donors (Lipinski definition) is 2. The van der Waals surface area contributed by atoms with E-state index in [0.717, 1.165) is 6.07 Å². The van der Waals surface area contributed by atoms with Crippen molar-refractivity contribution in [3.8, 4) is 22.6 Å². The van der Waals surface area contributed by atoms with Gasteiger partial charge < -0.3 is 20.1 Å². The Balaban J connectivity index is 2.61. The molecule has 0 saturated carbocycles. The standard InChI is InChI=1S/C10H9FN2O3/c1-15-9-2-5(7(11)3-8(9)14)6-4-13-16-10(6)12/h2-4,14H,12H2,1H3. The molecule has 0 aliphatic heterocycles. The minimum atomic E-state index is -0.631. The summed E-state index contributed by atoms with van der Waals surface area (Å²) in [4.78, 5) is 0. The highest BCUT2D eigenvalue weighted by molar-refractivity contribution is 5.74. The van der Waals surface area contributed by atoms with Crippen molar-refractivity contribution in [2.75, 3.05) is 12.8 Å². The summed E-state index contributed by atoms with van der Waals surface area (Å²) in [7, 11) is 1.37. The van der Waals surface area contributed by atoms with Crippen LogP contribution in [0.4, 0.5) is 10.3 Å². The van der Waals surface area contributed by atoms with Crippen LogP contribution in [0.1, 0.15) is 0 Å². The number of hydrogen-bond acceptors (Lipinski definition) is 5. The molecule has 1 aromatic carbocycles. The Hall–Kier alpha value is -2.24. The molecule has 0 aliphatic carbocycles. The van der Waals surface area contributed by atoms with Crippen LogP contribution in [0.3, 0.4) is 0 Å². The van der Waals surface area contributed by atoms with Gasteiger partial charge in [-0.05, 0) is 6.07 Å². The molecule has 1 aromatic heterocycles. The van der Waals surface area contributed by atoms with E-state index in [1.807, 2.05) is 0 Å². The van der Waals surface area contributed by atoms with Gasteiger partial charge in [0.2, 0.25) is 5.88 Å². The largest absolute Gasteiger partial charge is 0.504 e. The van der Waals surface area contributed by atoms with Crippen molar-refractivity contribution in [3.63, 3.8) is 0 Å². The van der Waals surface area contributed by atoms with E-state index in [0.29, 0.717) is 5.56 Å². The Labute approximate surface area is 90.2 Å². The lowest BCUT2D eigenvalue weighted by molar-refractivity contribution is 0.371. The van der Waals surface area contributed by atoms with Gasteiger partial charge in [0.15, 0.2) is 11.5 Å². The second kappa shape index (κ2) is 3.73. The smallest absolute Gasteiger partial charge is 0.230 e. The number of methoxy groups -OCH3 is 1. The lowest BCUT2D eigenvalue weighted by Crippen LogP contribution is -1.91. The molecule has 2 aromatic rings. The van der Waals surface area contributed by atoms with E-state index in [1.54, 1.807) is 0 Å². The molecular weight excluding hydrogens is 215 g/mol. The molecule has 6 heteroatoms. The molecule has 0 spiro atoms. The molecule has 0 atom stereocenters. The van der Waals surface area contributed by atoms with E-state index in [9.17, 15) is 9.50 Å². The summed E-state index contributed by atoms with van der Waals surface area (Å²) in [5.74, 6) is -0.754. The first-order chi connectivity index (χ1) is 7.63. The summed E-state index contributed by atoms with van der Waals surface area (Å²) < 4.78 is 23.1. The van der Waals surface area contributed by atoms with Crippen LogP contribution in [-0.2, 0) is 0 Å². The fourth-order valence-electron chi connectivity index (χ4n) is 1.36. The van der Waals surface area contributed by atoms with E-state index < -0.39 is 5.82 Å². The molecule has 0 unspecified atom stereocenters. The maximum atomic E-state index is 13.6. The lowest BCUT2D eigenvalue weighted by atomic mass is 10.1. The van der Waals surface area contributed by atoms with Crippen molar-refractivity contribution < 1.29 is 18.8 Å². The van der Waals surface area contributed by atoms with Crippen molar-refractivity contribution >= 4 is 5.88 Å². The maximum absolute atomic E-state index is 13.6. The second-order valence-corrected chi connectivity index (χ2v) is 3.11. The van der Waals surface area contributed by atoms with E-state index in [2.05, 4.69) is 9.68 Å². The number of nitrogens with two attached hydrogens (primary N) is 1. The minimum Gasteiger partial charge on any atom is -0.504 e. The van der Waals surface area contributed by atoms with Crippen LogP contribution in [0.15, 0.2) is 22.9 Å². The zero-order chi connectivity index (χ0) is 11.7. The molecule has 5 nitrogen and oxygen atoms in total. The first-order valence-electron chi connectivity index (χ1n) is 4.40. The summed E-state index contributed by atoms with van der Waals surface area (Å²) >= 11 is 0. The molecule has 16 heavy (non-hydrogen) atoms. The highest BCUT2D eigenvalue weighted by atomic mass is 19.1. The minimum absolute atomic E-state index is 0.00615. The van der Waals surface area contributed by atoms with Crippen molar-refractivity contribution in [3.05, 3.63) is 24.1 Å². The zero-order valence-corrected chi connectivity index (χ0v) is 8.40. The summed E-state index contributed by atoms with van der Waals surface area (Å²) in [6.07, 6.45) is 1.30. The van der Waals surface area contributed by atoms with Gasteiger partial charge in [-0.1, -0.05) is 5.16 Å². The van der Waals surface area contributed by atoms with E-state index in [1.165, 1.54) is 19.4 Å². The molecule has 3 N–H and O–H groups in total. The van der Waals surface area contributed by atoms with Gasteiger partial charge in [-0.3, -0.25) is 0 Å². The highest BCUT2D eigenvalue weighted by Crippen LogP contribution is 2.36. The van der Waals surface area contributed by atoms with Crippen LogP contribution < -0.4 is 10.5 Å². The van der Waals surface area contributed by atoms with Crippen molar-refractivity contribution in [2.45, 2.75) is 0 Å². The third-order valence-electron chi connectivity index (χ3n) is 2.16. The fourth-order valence-corrected chi connectivity index (χ4v) is 1.36. The number of halogens is 1. The summed E-state index contributed by atoms with van der Waals surface area (Å²) in [5, 5.41) is 12.8. The molecule has 0 aliphatic rings. The van der Waals surface area contributed by atoms with Gasteiger partial charge >= 0.3 is 0 Å². The van der Waals surface area contributed by atoms with Gasteiger partial charge in [0.1, 0.15) is 5.82 Å². The second-order valence-electron chi connectivity index (χ2n) is 3.11. The number of aromatic nitrogens is 1. The highest BCUT2D eigenvalue weighted by Gasteiger charge is 2.15. The van der Waals surface area contributed by atoms with Crippen LogP contribution in [0, 0.1) is 5.82 Å². The van der Waals surface area contributed by atoms with Gasteiger partial charge in [-0.2, -0.15) is 0 Å². The van der Waals surface area contributed by atoms with Gasteiger partial charge in [0.05, 0.1) is 18.9 Å². The Morgan fingerprint density at radius 1 is 1.44 bits per heavy atom. The Morgan fingerprint density at radius 2 is 2.19 bits per heavy atom. The monoisotopic (exact) mass is 224 g/mol. The Morgan fingerprint density at radius 3 is 2.75 bits per heavy atom.